The molecule has 32 heavy (non-hydrogen) atoms. The van der Waals surface area contributed by atoms with Crippen molar-refractivity contribution in [3.8, 4) is 5.82 Å². The summed E-state index contributed by atoms with van der Waals surface area (Å²) >= 11 is 0. The second-order valence-corrected chi connectivity index (χ2v) is 8.92. The summed E-state index contributed by atoms with van der Waals surface area (Å²) in [5.74, 6) is 0.425. The molecule has 1 saturated heterocycles. The normalized spacial score (nSPS) is 26.0. The van der Waals surface area contributed by atoms with Crippen molar-refractivity contribution in [3.63, 3.8) is 0 Å². The zero-order valence-corrected chi connectivity index (χ0v) is 18.3. The Morgan fingerprint density at radius 2 is 2.00 bits per heavy atom. The van der Waals surface area contributed by atoms with E-state index in [1.165, 1.54) is 11.0 Å². The molecule has 1 aliphatic carbocycles. The van der Waals surface area contributed by atoms with Crippen molar-refractivity contribution in [2.24, 2.45) is 5.41 Å². The summed E-state index contributed by atoms with van der Waals surface area (Å²) in [6.45, 7) is 3.32. The number of esters is 1. The van der Waals surface area contributed by atoms with E-state index < -0.39 is 0 Å². The number of amides is 1. The number of likely N-dealkylation sites (tertiary alicyclic amines) is 1. The summed E-state index contributed by atoms with van der Waals surface area (Å²) in [6, 6.07) is 4.17. The Morgan fingerprint density at radius 1 is 1.19 bits per heavy atom. The second kappa shape index (κ2) is 8.05. The molecule has 168 valence electrons. The number of nitrogens with zero attached hydrogens (tertiary/aromatic N) is 8. The minimum atomic E-state index is -0.312. The van der Waals surface area contributed by atoms with E-state index in [0.29, 0.717) is 30.5 Å². The number of ether oxygens (including phenoxy) is 1. The van der Waals surface area contributed by atoms with Gasteiger partial charge in [-0.25, -0.2) is 4.79 Å². The van der Waals surface area contributed by atoms with E-state index in [-0.39, 0.29) is 23.9 Å². The van der Waals surface area contributed by atoms with Gasteiger partial charge in [0.1, 0.15) is 12.9 Å². The third kappa shape index (κ3) is 3.56. The predicted octanol–water partition coefficient (Wildman–Crippen LogP) is 0.876. The molecule has 1 saturated carbocycles. The molecule has 2 aliphatic heterocycles. The average molecular weight is 438 g/mol. The maximum atomic E-state index is 13.3. The van der Waals surface area contributed by atoms with Crippen molar-refractivity contribution in [1.82, 2.24) is 40.2 Å². The Hall–Kier alpha value is -3.21. The van der Waals surface area contributed by atoms with Crippen LogP contribution in [-0.4, -0.2) is 78.3 Å². The van der Waals surface area contributed by atoms with E-state index >= 15 is 0 Å². The third-order valence-electron chi connectivity index (χ3n) is 7.15. The van der Waals surface area contributed by atoms with E-state index in [0.717, 1.165) is 43.5 Å². The van der Waals surface area contributed by atoms with Gasteiger partial charge in [-0.05, 0) is 68.6 Å². The van der Waals surface area contributed by atoms with E-state index in [2.05, 4.69) is 37.7 Å². The fourth-order valence-corrected chi connectivity index (χ4v) is 5.10. The van der Waals surface area contributed by atoms with Gasteiger partial charge in [-0.15, -0.1) is 10.2 Å². The Kier molecular flexibility index (Phi) is 5.20. The van der Waals surface area contributed by atoms with E-state index in [4.69, 9.17) is 4.74 Å². The molecule has 0 N–H and O–H groups in total. The standard InChI is InChI=1S/C21H26N8O3/c1-14-17(12-32-19(14)30)28-10-9-21(20(28)31)7-5-16(6-8-21)27(2)11-15-3-4-18(24-23-15)29-13-22-25-26-29/h3-4,13,16H,5-12H2,1-2H3/t16-,21-. The Labute approximate surface area is 185 Å². The highest BCUT2D eigenvalue weighted by Crippen LogP contribution is 2.47. The summed E-state index contributed by atoms with van der Waals surface area (Å²) in [4.78, 5) is 29.1. The molecule has 5 rings (SSSR count). The molecule has 0 bridgehead atoms. The van der Waals surface area contributed by atoms with Crippen molar-refractivity contribution < 1.29 is 14.3 Å². The molecule has 0 atom stereocenters. The first kappa shape index (κ1) is 20.7. The number of aromatic nitrogens is 6. The molecule has 2 aromatic rings. The molecule has 0 unspecified atom stereocenters. The Morgan fingerprint density at radius 3 is 2.62 bits per heavy atom. The lowest BCUT2D eigenvalue weighted by Crippen LogP contribution is -2.42. The van der Waals surface area contributed by atoms with Gasteiger partial charge in [0.2, 0.25) is 5.91 Å². The monoisotopic (exact) mass is 438 g/mol. The van der Waals surface area contributed by atoms with Crippen LogP contribution in [0.1, 0.15) is 44.7 Å². The minimum absolute atomic E-state index is 0.162. The van der Waals surface area contributed by atoms with Crippen LogP contribution in [0.15, 0.2) is 29.7 Å². The van der Waals surface area contributed by atoms with E-state index in [9.17, 15) is 9.59 Å². The first-order chi connectivity index (χ1) is 15.5. The number of carbonyl (C=O) groups is 2. The quantitative estimate of drug-likeness (QED) is 0.627. The zero-order chi connectivity index (χ0) is 22.3. The summed E-state index contributed by atoms with van der Waals surface area (Å²) in [7, 11) is 2.10. The summed E-state index contributed by atoms with van der Waals surface area (Å²) < 4.78 is 6.58. The van der Waals surface area contributed by atoms with Crippen LogP contribution in [0.3, 0.4) is 0 Å². The van der Waals surface area contributed by atoms with Gasteiger partial charge >= 0.3 is 5.97 Å². The van der Waals surface area contributed by atoms with E-state index in [1.54, 1.807) is 11.8 Å². The number of tetrazole rings is 1. The van der Waals surface area contributed by atoms with Crippen molar-refractivity contribution in [1.29, 1.82) is 0 Å². The topological polar surface area (TPSA) is 119 Å². The molecule has 0 aromatic carbocycles. The zero-order valence-electron chi connectivity index (χ0n) is 18.3. The van der Waals surface area contributed by atoms with Gasteiger partial charge in [-0.1, -0.05) is 0 Å². The van der Waals surface area contributed by atoms with Crippen LogP contribution in [-0.2, 0) is 20.9 Å². The highest BCUT2D eigenvalue weighted by Gasteiger charge is 2.50. The van der Waals surface area contributed by atoms with Gasteiger partial charge in [0, 0.05) is 19.1 Å². The maximum Gasteiger partial charge on any atom is 0.336 e. The number of hydrogen-bond donors (Lipinski definition) is 0. The fourth-order valence-electron chi connectivity index (χ4n) is 5.10. The first-order valence-electron chi connectivity index (χ1n) is 10.9. The number of rotatable bonds is 5. The Bertz CT molecular complexity index is 1040. The van der Waals surface area contributed by atoms with Crippen LogP contribution in [0.4, 0.5) is 0 Å². The summed E-state index contributed by atoms with van der Waals surface area (Å²) in [5.41, 5.74) is 1.89. The fraction of sp³-hybridized carbons (Fsp3) is 0.571. The smallest absolute Gasteiger partial charge is 0.336 e. The highest BCUT2D eigenvalue weighted by atomic mass is 16.5. The lowest BCUT2D eigenvalue weighted by Gasteiger charge is -2.39. The number of carbonyl (C=O) groups excluding carboxylic acids is 2. The molecular weight excluding hydrogens is 412 g/mol. The molecular formula is C21H26N8O3. The van der Waals surface area contributed by atoms with Gasteiger partial charge in [0.25, 0.3) is 0 Å². The van der Waals surface area contributed by atoms with Crippen LogP contribution < -0.4 is 0 Å². The van der Waals surface area contributed by atoms with Gasteiger partial charge in [-0.3, -0.25) is 9.69 Å². The van der Waals surface area contributed by atoms with Gasteiger partial charge in [0.05, 0.1) is 22.4 Å². The number of hydrogen-bond acceptors (Lipinski definition) is 9. The SMILES string of the molecule is CC1=C(N2CC[C@]3(CC[C@@H](N(C)Cc4ccc(-n5cnnn5)nn4)CC3)C2=O)COC1=O. The largest absolute Gasteiger partial charge is 0.456 e. The molecule has 2 fully saturated rings. The van der Waals surface area contributed by atoms with Crippen molar-refractivity contribution in [2.75, 3.05) is 20.2 Å². The maximum absolute atomic E-state index is 13.3. The molecule has 0 radical (unpaired) electrons. The van der Waals surface area contributed by atoms with Gasteiger partial charge < -0.3 is 9.64 Å². The van der Waals surface area contributed by atoms with Crippen molar-refractivity contribution in [3.05, 3.63) is 35.4 Å². The Balaban J connectivity index is 1.18. The lowest BCUT2D eigenvalue weighted by atomic mass is 9.71. The summed E-state index contributed by atoms with van der Waals surface area (Å²) in [5, 5.41) is 19.5. The van der Waals surface area contributed by atoms with Crippen molar-refractivity contribution >= 4 is 11.9 Å². The molecule has 4 heterocycles. The summed E-state index contributed by atoms with van der Waals surface area (Å²) in [6.07, 6.45) is 5.97. The van der Waals surface area contributed by atoms with Crippen LogP contribution >= 0.6 is 0 Å². The van der Waals surface area contributed by atoms with Crippen LogP contribution in [0, 0.1) is 5.41 Å². The molecule has 1 spiro atoms. The van der Waals surface area contributed by atoms with Crippen LogP contribution in [0.5, 0.6) is 0 Å². The molecule has 11 nitrogen and oxygen atoms in total. The number of cyclic esters (lactones) is 1. The second-order valence-electron chi connectivity index (χ2n) is 8.92. The first-order valence-corrected chi connectivity index (χ1v) is 10.9. The van der Waals surface area contributed by atoms with Crippen LogP contribution in [0.25, 0.3) is 5.82 Å². The highest BCUT2D eigenvalue weighted by molar-refractivity contribution is 5.94. The lowest BCUT2D eigenvalue weighted by molar-refractivity contribution is -0.138. The van der Waals surface area contributed by atoms with Gasteiger partial charge in [0.15, 0.2) is 5.82 Å². The van der Waals surface area contributed by atoms with E-state index in [1.807, 2.05) is 12.1 Å². The molecule has 2 aromatic heterocycles. The van der Waals surface area contributed by atoms with Crippen LogP contribution in [0.2, 0.25) is 0 Å². The predicted molar refractivity (Wildman–Crippen MR) is 111 cm³/mol. The molecule has 1 amide bonds. The molecule has 11 heteroatoms. The third-order valence-corrected chi connectivity index (χ3v) is 7.15. The van der Waals surface area contributed by atoms with Crippen molar-refractivity contribution in [2.45, 2.75) is 51.6 Å². The average Bonchev–Trinajstić information content (AvgIpc) is 3.52. The molecule has 3 aliphatic rings. The minimum Gasteiger partial charge on any atom is -0.456 e. The van der Waals surface area contributed by atoms with Gasteiger partial charge in [-0.2, -0.15) is 9.78 Å².